The molecule has 0 radical (unpaired) electrons. The van der Waals surface area contributed by atoms with Gasteiger partial charge >= 0.3 is 5.97 Å². The van der Waals surface area contributed by atoms with Crippen LogP contribution in [0, 0.1) is 6.92 Å². The third kappa shape index (κ3) is 3.66. The average Bonchev–Trinajstić information content (AvgIpc) is 3.05. The molecule has 26 heavy (non-hydrogen) atoms. The van der Waals surface area contributed by atoms with Gasteiger partial charge in [-0.2, -0.15) is 0 Å². The van der Waals surface area contributed by atoms with E-state index in [9.17, 15) is 9.59 Å². The number of carbonyl (C=O) groups is 2. The van der Waals surface area contributed by atoms with Crippen molar-refractivity contribution in [3.05, 3.63) is 41.7 Å². The Morgan fingerprint density at radius 3 is 2.85 bits per heavy atom. The number of nitrogens with zero attached hydrogens (tertiary/aromatic N) is 3. The zero-order chi connectivity index (χ0) is 18.5. The van der Waals surface area contributed by atoms with Gasteiger partial charge in [-0.05, 0) is 19.1 Å². The Morgan fingerprint density at radius 2 is 2.08 bits per heavy atom. The van der Waals surface area contributed by atoms with Crippen molar-refractivity contribution in [3.8, 4) is 17.2 Å². The first-order valence-corrected chi connectivity index (χ1v) is 7.95. The zero-order valence-corrected chi connectivity index (χ0v) is 14.4. The van der Waals surface area contributed by atoms with Crippen molar-refractivity contribution in [3.63, 3.8) is 0 Å². The molecule has 0 fully saturated rings. The van der Waals surface area contributed by atoms with Crippen molar-refractivity contribution < 1.29 is 23.8 Å². The summed E-state index contributed by atoms with van der Waals surface area (Å²) in [5.74, 6) is 0.427. The van der Waals surface area contributed by atoms with E-state index in [-0.39, 0.29) is 18.1 Å². The van der Waals surface area contributed by atoms with E-state index in [4.69, 9.17) is 9.47 Å². The van der Waals surface area contributed by atoms with Gasteiger partial charge in [0, 0.05) is 18.7 Å². The van der Waals surface area contributed by atoms with Crippen LogP contribution >= 0.6 is 0 Å². The maximum atomic E-state index is 12.2. The fourth-order valence-electron chi connectivity index (χ4n) is 2.41. The molecule has 1 aromatic heterocycles. The van der Waals surface area contributed by atoms with E-state index in [0.29, 0.717) is 36.1 Å². The molecule has 1 aliphatic rings. The summed E-state index contributed by atoms with van der Waals surface area (Å²) in [7, 11) is 1.28. The number of esters is 1. The summed E-state index contributed by atoms with van der Waals surface area (Å²) in [6.07, 6.45) is 2.73. The van der Waals surface area contributed by atoms with Gasteiger partial charge in [0.05, 0.1) is 18.5 Å². The summed E-state index contributed by atoms with van der Waals surface area (Å²) in [4.78, 5) is 23.2. The van der Waals surface area contributed by atoms with Crippen LogP contribution < -0.4 is 14.8 Å². The summed E-state index contributed by atoms with van der Waals surface area (Å²) in [6, 6.07) is 5.40. The minimum absolute atomic E-state index is 0.171. The van der Waals surface area contributed by atoms with Gasteiger partial charge in [-0.15, -0.1) is 5.10 Å². The Hall–Kier alpha value is -3.36. The van der Waals surface area contributed by atoms with E-state index in [1.165, 1.54) is 19.3 Å². The lowest BCUT2D eigenvalue weighted by Crippen LogP contribution is -2.24. The number of amides is 1. The van der Waals surface area contributed by atoms with Crippen molar-refractivity contribution in [2.24, 2.45) is 0 Å². The van der Waals surface area contributed by atoms with Crippen LogP contribution in [0.25, 0.3) is 5.69 Å². The molecule has 0 spiro atoms. The number of ether oxygens (including phenoxy) is 3. The van der Waals surface area contributed by atoms with E-state index >= 15 is 0 Å². The summed E-state index contributed by atoms with van der Waals surface area (Å²) < 4.78 is 17.1. The third-order valence-corrected chi connectivity index (χ3v) is 3.72. The molecule has 0 bridgehead atoms. The van der Waals surface area contributed by atoms with Crippen LogP contribution in [0.1, 0.15) is 16.2 Å². The first-order chi connectivity index (χ1) is 12.6. The van der Waals surface area contributed by atoms with Crippen molar-refractivity contribution >= 4 is 11.9 Å². The van der Waals surface area contributed by atoms with Crippen molar-refractivity contribution in [2.75, 3.05) is 26.9 Å². The van der Waals surface area contributed by atoms with Crippen LogP contribution in [0.3, 0.4) is 0 Å². The molecular weight excluding hydrogens is 340 g/mol. The molecule has 136 valence electrons. The SMILES string of the molecule is COC(=O)/C=C/CNC(=O)c1nnn(-c2ccc3c(c2)OCCO3)c1C. The van der Waals surface area contributed by atoms with Gasteiger partial charge in [-0.25, -0.2) is 9.48 Å². The van der Waals surface area contributed by atoms with E-state index in [2.05, 4.69) is 20.4 Å². The van der Waals surface area contributed by atoms with Gasteiger partial charge in [-0.3, -0.25) is 4.79 Å². The number of benzene rings is 1. The quantitative estimate of drug-likeness (QED) is 0.623. The average molecular weight is 358 g/mol. The number of rotatable bonds is 5. The highest BCUT2D eigenvalue weighted by Gasteiger charge is 2.19. The van der Waals surface area contributed by atoms with Crippen molar-refractivity contribution in [1.29, 1.82) is 0 Å². The highest BCUT2D eigenvalue weighted by molar-refractivity contribution is 5.93. The Morgan fingerprint density at radius 1 is 1.31 bits per heavy atom. The van der Waals surface area contributed by atoms with E-state index in [1.807, 2.05) is 6.07 Å². The highest BCUT2D eigenvalue weighted by Crippen LogP contribution is 2.32. The van der Waals surface area contributed by atoms with Crippen molar-refractivity contribution in [2.45, 2.75) is 6.92 Å². The molecule has 1 N–H and O–H groups in total. The molecule has 0 saturated carbocycles. The van der Waals surface area contributed by atoms with Crippen LogP contribution in [-0.2, 0) is 9.53 Å². The molecular formula is C17H18N4O5. The normalized spacial score (nSPS) is 12.8. The van der Waals surface area contributed by atoms with Crippen LogP contribution in [0.15, 0.2) is 30.4 Å². The fourth-order valence-corrected chi connectivity index (χ4v) is 2.41. The molecule has 2 heterocycles. The molecule has 1 aromatic carbocycles. The van der Waals surface area contributed by atoms with Crippen LogP contribution in [0.2, 0.25) is 0 Å². The second kappa shape index (κ2) is 7.68. The Bertz CT molecular complexity index is 859. The van der Waals surface area contributed by atoms with E-state index in [0.717, 1.165) is 0 Å². The van der Waals surface area contributed by atoms with Crippen molar-refractivity contribution in [1.82, 2.24) is 20.3 Å². The number of methoxy groups -OCH3 is 1. The Balaban J connectivity index is 1.72. The number of fused-ring (bicyclic) bond motifs is 1. The van der Waals surface area contributed by atoms with Crippen LogP contribution in [-0.4, -0.2) is 53.7 Å². The Kier molecular flexibility index (Phi) is 5.16. The van der Waals surface area contributed by atoms with Gasteiger partial charge < -0.3 is 19.5 Å². The van der Waals surface area contributed by atoms with Gasteiger partial charge in [0.25, 0.3) is 5.91 Å². The lowest BCUT2D eigenvalue weighted by molar-refractivity contribution is -0.134. The van der Waals surface area contributed by atoms with Gasteiger partial charge in [0.1, 0.15) is 13.2 Å². The Labute approximate surface area is 149 Å². The summed E-state index contributed by atoms with van der Waals surface area (Å²) in [6.45, 7) is 2.92. The summed E-state index contributed by atoms with van der Waals surface area (Å²) >= 11 is 0. The molecule has 1 aliphatic heterocycles. The number of aromatic nitrogens is 3. The smallest absolute Gasteiger partial charge is 0.330 e. The van der Waals surface area contributed by atoms with Crippen LogP contribution in [0.5, 0.6) is 11.5 Å². The van der Waals surface area contributed by atoms with E-state index in [1.54, 1.807) is 23.7 Å². The minimum atomic E-state index is -0.486. The minimum Gasteiger partial charge on any atom is -0.486 e. The molecule has 3 rings (SSSR count). The molecule has 9 heteroatoms. The number of nitrogens with one attached hydrogen (secondary N) is 1. The number of carbonyl (C=O) groups excluding carboxylic acids is 2. The molecule has 0 saturated heterocycles. The topological polar surface area (TPSA) is 105 Å². The lowest BCUT2D eigenvalue weighted by Gasteiger charge is -2.18. The predicted molar refractivity (Wildman–Crippen MR) is 90.6 cm³/mol. The van der Waals surface area contributed by atoms with Gasteiger partial charge in [0.15, 0.2) is 17.2 Å². The summed E-state index contributed by atoms with van der Waals surface area (Å²) in [5, 5.41) is 10.6. The predicted octanol–water partition coefficient (Wildman–Crippen LogP) is 0.806. The third-order valence-electron chi connectivity index (χ3n) is 3.72. The number of hydrogen-bond donors (Lipinski definition) is 1. The maximum absolute atomic E-state index is 12.2. The van der Waals surface area contributed by atoms with E-state index < -0.39 is 5.97 Å². The molecule has 2 aromatic rings. The molecule has 9 nitrogen and oxygen atoms in total. The second-order valence-corrected chi connectivity index (χ2v) is 5.40. The first kappa shape index (κ1) is 17.5. The molecule has 0 atom stereocenters. The summed E-state index contributed by atoms with van der Waals surface area (Å²) in [5.41, 5.74) is 1.49. The number of hydrogen-bond acceptors (Lipinski definition) is 7. The highest BCUT2D eigenvalue weighted by atomic mass is 16.6. The zero-order valence-electron chi connectivity index (χ0n) is 14.4. The lowest BCUT2D eigenvalue weighted by atomic mass is 10.2. The maximum Gasteiger partial charge on any atom is 0.330 e. The van der Waals surface area contributed by atoms with Gasteiger partial charge in [-0.1, -0.05) is 11.3 Å². The molecule has 0 unspecified atom stereocenters. The largest absolute Gasteiger partial charge is 0.486 e. The first-order valence-electron chi connectivity index (χ1n) is 7.95. The second-order valence-electron chi connectivity index (χ2n) is 5.40. The van der Waals surface area contributed by atoms with Crippen LogP contribution in [0.4, 0.5) is 0 Å². The fraction of sp³-hybridized carbons (Fsp3) is 0.294. The molecule has 0 aliphatic carbocycles. The standard InChI is InChI=1S/C17H18N4O5/c1-11-16(17(23)18-7-3-4-15(22)24-2)19-20-21(11)12-5-6-13-14(10-12)26-9-8-25-13/h3-6,10H,7-9H2,1-2H3,(H,18,23)/b4-3+. The van der Waals surface area contributed by atoms with Gasteiger partial charge in [0.2, 0.25) is 0 Å². The monoisotopic (exact) mass is 358 g/mol. The molecule has 1 amide bonds.